The van der Waals surface area contributed by atoms with Crippen LogP contribution < -0.4 is 4.74 Å². The fraction of sp³-hybridized carbons (Fsp3) is 0.474. The Hall–Kier alpha value is -1.01. The summed E-state index contributed by atoms with van der Waals surface area (Å²) in [5.74, 6) is 2.34. The zero-order valence-corrected chi connectivity index (χ0v) is 15.7. The zero-order chi connectivity index (χ0) is 16.8. The van der Waals surface area contributed by atoms with E-state index in [0.717, 1.165) is 44.0 Å². The number of para-hydroxylation sites is 1. The SMILES string of the molecule is COc1ccccc1C1CCN(CC(O)CSc2cccs2)CC1. The second-order valence-electron chi connectivity index (χ2n) is 6.21. The van der Waals surface area contributed by atoms with Crippen molar-refractivity contribution in [2.75, 3.05) is 32.5 Å². The number of benzene rings is 1. The molecule has 0 radical (unpaired) electrons. The van der Waals surface area contributed by atoms with Gasteiger partial charge in [0.2, 0.25) is 0 Å². The Morgan fingerprint density at radius 2 is 2.04 bits per heavy atom. The number of hydrogen-bond donors (Lipinski definition) is 1. The summed E-state index contributed by atoms with van der Waals surface area (Å²) < 4.78 is 6.78. The largest absolute Gasteiger partial charge is 0.496 e. The Balaban J connectivity index is 1.45. The molecule has 1 aliphatic rings. The molecule has 1 atom stereocenters. The summed E-state index contributed by atoms with van der Waals surface area (Å²) in [6.07, 6.45) is 2.00. The van der Waals surface area contributed by atoms with Gasteiger partial charge in [0, 0.05) is 12.3 Å². The highest BCUT2D eigenvalue weighted by molar-refractivity contribution is 8.01. The van der Waals surface area contributed by atoms with Gasteiger partial charge in [-0.1, -0.05) is 24.3 Å². The summed E-state index contributed by atoms with van der Waals surface area (Å²) in [7, 11) is 1.75. The Morgan fingerprint density at radius 3 is 2.75 bits per heavy atom. The number of aliphatic hydroxyl groups excluding tert-OH is 1. The van der Waals surface area contributed by atoms with Crippen LogP contribution in [-0.2, 0) is 0 Å². The van der Waals surface area contributed by atoms with Gasteiger partial charge in [-0.3, -0.25) is 0 Å². The highest BCUT2D eigenvalue weighted by atomic mass is 32.2. The molecule has 1 N–H and O–H groups in total. The molecule has 1 unspecified atom stereocenters. The van der Waals surface area contributed by atoms with Gasteiger partial charge in [-0.2, -0.15) is 0 Å². The average Bonchev–Trinajstić information content (AvgIpc) is 3.14. The van der Waals surface area contributed by atoms with Crippen LogP contribution in [0.25, 0.3) is 0 Å². The maximum atomic E-state index is 10.3. The molecule has 1 aromatic heterocycles. The topological polar surface area (TPSA) is 32.7 Å². The molecular weight excluding hydrogens is 338 g/mol. The van der Waals surface area contributed by atoms with E-state index in [4.69, 9.17) is 4.74 Å². The summed E-state index contributed by atoms with van der Waals surface area (Å²) >= 11 is 3.49. The molecule has 1 saturated heterocycles. The number of methoxy groups -OCH3 is 1. The highest BCUT2D eigenvalue weighted by Gasteiger charge is 2.24. The number of ether oxygens (including phenoxy) is 1. The molecule has 0 spiro atoms. The molecule has 2 heterocycles. The van der Waals surface area contributed by atoms with E-state index >= 15 is 0 Å². The van der Waals surface area contributed by atoms with Crippen LogP contribution in [-0.4, -0.2) is 48.6 Å². The molecule has 130 valence electrons. The number of thiophene rings is 1. The second-order valence-corrected chi connectivity index (χ2v) is 8.48. The Morgan fingerprint density at radius 1 is 1.25 bits per heavy atom. The standard InChI is InChI=1S/C19H25NO2S2/c1-22-18-6-3-2-5-17(18)15-8-10-20(11-9-15)13-16(21)14-24-19-7-4-12-23-19/h2-7,12,15-16,21H,8-11,13-14H2,1H3. The van der Waals surface area contributed by atoms with Crippen molar-refractivity contribution in [3.63, 3.8) is 0 Å². The van der Waals surface area contributed by atoms with E-state index in [-0.39, 0.29) is 6.10 Å². The van der Waals surface area contributed by atoms with Crippen LogP contribution in [0.3, 0.4) is 0 Å². The van der Waals surface area contributed by atoms with Crippen LogP contribution in [0.2, 0.25) is 0 Å². The van der Waals surface area contributed by atoms with E-state index in [1.54, 1.807) is 30.2 Å². The maximum Gasteiger partial charge on any atom is 0.122 e. The highest BCUT2D eigenvalue weighted by Crippen LogP contribution is 2.34. The van der Waals surface area contributed by atoms with Gasteiger partial charge in [0.05, 0.1) is 17.4 Å². The first-order chi connectivity index (χ1) is 11.8. The smallest absolute Gasteiger partial charge is 0.122 e. The van der Waals surface area contributed by atoms with Gasteiger partial charge in [-0.15, -0.1) is 23.1 Å². The average molecular weight is 364 g/mol. The van der Waals surface area contributed by atoms with E-state index in [1.807, 2.05) is 12.1 Å². The lowest BCUT2D eigenvalue weighted by atomic mass is 9.88. The number of thioether (sulfide) groups is 1. The van der Waals surface area contributed by atoms with Crippen molar-refractivity contribution in [2.24, 2.45) is 0 Å². The third kappa shape index (κ3) is 4.76. The molecule has 2 aromatic rings. The summed E-state index contributed by atoms with van der Waals surface area (Å²) in [4.78, 5) is 2.39. The van der Waals surface area contributed by atoms with E-state index in [2.05, 4.69) is 34.5 Å². The van der Waals surface area contributed by atoms with E-state index < -0.39 is 0 Å². The third-order valence-corrected chi connectivity index (χ3v) is 6.82. The summed E-state index contributed by atoms with van der Waals surface area (Å²) in [6.45, 7) is 2.86. The van der Waals surface area contributed by atoms with Crippen LogP contribution in [0.5, 0.6) is 5.75 Å². The fourth-order valence-electron chi connectivity index (χ4n) is 3.30. The minimum atomic E-state index is -0.264. The van der Waals surface area contributed by atoms with Crippen molar-refractivity contribution in [1.82, 2.24) is 4.90 Å². The number of likely N-dealkylation sites (tertiary alicyclic amines) is 1. The lowest BCUT2D eigenvalue weighted by molar-refractivity contribution is 0.112. The lowest BCUT2D eigenvalue weighted by Gasteiger charge is -2.33. The predicted molar refractivity (Wildman–Crippen MR) is 102 cm³/mol. The lowest BCUT2D eigenvalue weighted by Crippen LogP contribution is -2.39. The first kappa shape index (κ1) is 17.8. The molecule has 0 bridgehead atoms. The molecule has 0 amide bonds. The van der Waals surface area contributed by atoms with Crippen molar-refractivity contribution in [3.05, 3.63) is 47.3 Å². The van der Waals surface area contributed by atoms with Gasteiger partial charge in [0.15, 0.2) is 0 Å². The normalized spacial score (nSPS) is 17.8. The Bertz CT molecular complexity index is 610. The van der Waals surface area contributed by atoms with Gasteiger partial charge in [0.1, 0.15) is 5.75 Å². The van der Waals surface area contributed by atoms with Gasteiger partial charge in [-0.25, -0.2) is 0 Å². The summed E-state index contributed by atoms with van der Waals surface area (Å²) in [5, 5.41) is 12.4. The monoisotopic (exact) mass is 363 g/mol. The molecular formula is C19H25NO2S2. The summed E-state index contributed by atoms with van der Waals surface area (Å²) in [5.41, 5.74) is 1.33. The molecule has 24 heavy (non-hydrogen) atoms. The van der Waals surface area contributed by atoms with Crippen molar-refractivity contribution in [3.8, 4) is 5.75 Å². The number of β-amino-alcohol motifs (C(OH)–C–C–N with tert-alkyl or cyclic N) is 1. The summed E-state index contributed by atoms with van der Waals surface area (Å²) in [6, 6.07) is 12.5. The Labute approximate surface area is 152 Å². The molecule has 1 aliphatic heterocycles. The van der Waals surface area contributed by atoms with Crippen molar-refractivity contribution < 1.29 is 9.84 Å². The van der Waals surface area contributed by atoms with Crippen LogP contribution in [0.15, 0.2) is 46.0 Å². The molecule has 0 saturated carbocycles. The molecule has 5 heteroatoms. The first-order valence-electron chi connectivity index (χ1n) is 8.46. The van der Waals surface area contributed by atoms with Crippen molar-refractivity contribution >= 4 is 23.1 Å². The quantitative estimate of drug-likeness (QED) is 0.751. The van der Waals surface area contributed by atoms with Crippen LogP contribution >= 0.6 is 23.1 Å². The van der Waals surface area contributed by atoms with Gasteiger partial charge < -0.3 is 14.7 Å². The zero-order valence-electron chi connectivity index (χ0n) is 14.1. The number of piperidine rings is 1. The minimum Gasteiger partial charge on any atom is -0.496 e. The van der Waals surface area contributed by atoms with E-state index in [0.29, 0.717) is 5.92 Å². The number of hydrogen-bond acceptors (Lipinski definition) is 5. The van der Waals surface area contributed by atoms with Crippen LogP contribution in [0, 0.1) is 0 Å². The van der Waals surface area contributed by atoms with Crippen LogP contribution in [0.4, 0.5) is 0 Å². The number of aliphatic hydroxyl groups is 1. The number of nitrogens with zero attached hydrogens (tertiary/aromatic N) is 1. The molecule has 1 fully saturated rings. The van der Waals surface area contributed by atoms with E-state index in [1.165, 1.54) is 9.77 Å². The van der Waals surface area contributed by atoms with Crippen molar-refractivity contribution in [1.29, 1.82) is 0 Å². The van der Waals surface area contributed by atoms with Crippen LogP contribution in [0.1, 0.15) is 24.3 Å². The molecule has 1 aromatic carbocycles. The maximum absolute atomic E-state index is 10.3. The minimum absolute atomic E-state index is 0.264. The second kappa shape index (κ2) is 8.90. The Kier molecular flexibility index (Phi) is 6.60. The molecule has 3 rings (SSSR count). The van der Waals surface area contributed by atoms with Gasteiger partial charge >= 0.3 is 0 Å². The van der Waals surface area contributed by atoms with Crippen molar-refractivity contribution in [2.45, 2.75) is 29.1 Å². The molecule has 3 nitrogen and oxygen atoms in total. The van der Waals surface area contributed by atoms with E-state index in [9.17, 15) is 5.11 Å². The first-order valence-corrected chi connectivity index (χ1v) is 10.3. The van der Waals surface area contributed by atoms with Gasteiger partial charge in [0.25, 0.3) is 0 Å². The third-order valence-electron chi connectivity index (χ3n) is 4.55. The molecule has 0 aliphatic carbocycles. The predicted octanol–water partition coefficient (Wildman–Crippen LogP) is 4.09. The fourth-order valence-corrected chi connectivity index (χ4v) is 5.03. The van der Waals surface area contributed by atoms with Gasteiger partial charge in [-0.05, 0) is 54.9 Å². The number of rotatable bonds is 7.